The van der Waals surface area contributed by atoms with Crippen LogP contribution in [0.5, 0.6) is 5.75 Å². The highest BCUT2D eigenvalue weighted by molar-refractivity contribution is 14.1. The van der Waals surface area contributed by atoms with Crippen molar-refractivity contribution in [3.63, 3.8) is 0 Å². The lowest BCUT2D eigenvalue weighted by Gasteiger charge is -2.14. The highest BCUT2D eigenvalue weighted by Crippen LogP contribution is 2.30. The Kier molecular flexibility index (Phi) is 4.80. The maximum atomic E-state index is 12.0. The molecule has 0 saturated carbocycles. The van der Waals surface area contributed by atoms with E-state index >= 15 is 0 Å². The summed E-state index contributed by atoms with van der Waals surface area (Å²) in [6.07, 6.45) is -5.20. The maximum absolute atomic E-state index is 12.0. The summed E-state index contributed by atoms with van der Waals surface area (Å²) in [7, 11) is 0. The first-order valence-electron chi connectivity index (χ1n) is 4.12. The molecule has 0 fully saturated rings. The molecule has 0 unspecified atom stereocenters. The van der Waals surface area contributed by atoms with Crippen LogP contribution in [0.2, 0.25) is 0 Å². The Bertz CT molecular complexity index is 513. The molecule has 0 amide bonds. The average Bonchev–Trinajstić information content (AvgIpc) is 2.19. The van der Waals surface area contributed by atoms with E-state index < -0.39 is 29.4 Å². The molecule has 9 heteroatoms. The first-order chi connectivity index (χ1) is 8.12. The molecule has 98 valence electrons. The van der Waals surface area contributed by atoms with Crippen molar-refractivity contribution in [1.82, 2.24) is 0 Å². The second-order valence-corrected chi connectivity index (χ2v) is 5.35. The van der Waals surface area contributed by atoms with Crippen LogP contribution in [-0.2, 0) is 4.79 Å². The average molecular weight is 485 g/mol. The van der Waals surface area contributed by atoms with E-state index in [-0.39, 0.29) is 3.57 Å². The minimum absolute atomic E-state index is 0.0660. The van der Waals surface area contributed by atoms with Gasteiger partial charge in [-0.3, -0.25) is 0 Å². The Labute approximate surface area is 126 Å². The van der Waals surface area contributed by atoms with Gasteiger partial charge in [-0.2, -0.15) is 13.2 Å². The van der Waals surface area contributed by atoms with Crippen LogP contribution in [-0.4, -0.2) is 18.1 Å². The molecule has 0 aromatic heterocycles. The number of alkyl halides is 3. The first kappa shape index (κ1) is 15.5. The van der Waals surface area contributed by atoms with Crippen molar-refractivity contribution in [2.75, 3.05) is 0 Å². The fraction of sp³-hybridized carbons (Fsp3) is 0.111. The third kappa shape index (κ3) is 3.70. The second-order valence-electron chi connectivity index (χ2n) is 2.94. The van der Waals surface area contributed by atoms with Crippen LogP contribution in [0.25, 0.3) is 0 Å². The van der Waals surface area contributed by atoms with Crippen molar-refractivity contribution < 1.29 is 32.6 Å². The Balaban J connectivity index is 3.24. The molecule has 0 saturated heterocycles. The van der Waals surface area contributed by atoms with Crippen LogP contribution >= 0.6 is 45.2 Å². The Hall–Kier alpha value is -0.590. The van der Waals surface area contributed by atoms with Crippen molar-refractivity contribution in [2.24, 2.45) is 0 Å². The first-order valence-corrected chi connectivity index (χ1v) is 6.28. The van der Waals surface area contributed by atoms with Crippen LogP contribution in [0.3, 0.4) is 0 Å². The van der Waals surface area contributed by atoms with E-state index in [1.807, 2.05) is 0 Å². The van der Waals surface area contributed by atoms with E-state index in [0.717, 1.165) is 6.07 Å². The highest BCUT2D eigenvalue weighted by atomic mass is 127. The zero-order valence-electron chi connectivity index (χ0n) is 8.18. The van der Waals surface area contributed by atoms with Crippen LogP contribution in [0.4, 0.5) is 13.2 Å². The molecule has 0 aliphatic carbocycles. The lowest BCUT2D eigenvalue weighted by Crippen LogP contribution is -2.30. The fourth-order valence-corrected chi connectivity index (χ4v) is 2.92. The van der Waals surface area contributed by atoms with Crippen molar-refractivity contribution in [2.45, 2.75) is 6.18 Å². The van der Waals surface area contributed by atoms with Crippen LogP contribution in [0, 0.1) is 7.14 Å². The number of carboxylic acids is 1. The van der Waals surface area contributed by atoms with Crippen LogP contribution < -0.4 is 9.84 Å². The van der Waals surface area contributed by atoms with E-state index in [9.17, 15) is 27.9 Å². The van der Waals surface area contributed by atoms with Crippen molar-refractivity contribution >= 4 is 57.1 Å². The molecule has 0 bridgehead atoms. The summed E-state index contributed by atoms with van der Waals surface area (Å²) in [5.74, 6) is -4.88. The number of aromatic carboxylic acids is 1. The van der Waals surface area contributed by atoms with Gasteiger partial charge in [0, 0.05) is 9.13 Å². The Morgan fingerprint density at radius 1 is 1.22 bits per heavy atom. The SMILES string of the molecule is O=C([O-])c1cc(I)cc(I)c1OC(=O)C(F)(F)F. The number of benzene rings is 1. The van der Waals surface area contributed by atoms with E-state index in [1.165, 1.54) is 6.07 Å². The normalized spacial score (nSPS) is 11.2. The molecule has 0 aliphatic heterocycles. The van der Waals surface area contributed by atoms with E-state index in [1.54, 1.807) is 45.2 Å². The molecule has 4 nitrogen and oxygen atoms in total. The monoisotopic (exact) mass is 485 g/mol. The van der Waals surface area contributed by atoms with Gasteiger partial charge in [0.1, 0.15) is 0 Å². The van der Waals surface area contributed by atoms with Crippen molar-refractivity contribution in [3.8, 4) is 5.75 Å². The summed E-state index contributed by atoms with van der Waals surface area (Å²) in [4.78, 5) is 21.4. The summed E-state index contributed by atoms with van der Waals surface area (Å²) in [5, 5.41) is 10.8. The lowest BCUT2D eigenvalue weighted by molar-refractivity contribution is -0.255. The zero-order chi connectivity index (χ0) is 14.1. The number of carbonyl (C=O) groups is 2. The molecule has 1 aromatic rings. The maximum Gasteiger partial charge on any atom is 0.491 e. The third-order valence-electron chi connectivity index (χ3n) is 1.65. The number of hydrogen-bond acceptors (Lipinski definition) is 4. The molecular formula is C9H2F3I2O4-. The molecule has 0 aliphatic rings. The summed E-state index contributed by atoms with van der Waals surface area (Å²) >= 11 is 3.34. The van der Waals surface area contributed by atoms with Crippen molar-refractivity contribution in [3.05, 3.63) is 24.8 Å². The van der Waals surface area contributed by atoms with Gasteiger partial charge in [0.25, 0.3) is 0 Å². The van der Waals surface area contributed by atoms with Gasteiger partial charge in [-0.1, -0.05) is 0 Å². The summed E-state index contributed by atoms with van der Waals surface area (Å²) in [6, 6.07) is 2.42. The quantitative estimate of drug-likeness (QED) is 0.364. The predicted octanol–water partition coefficient (Wildman–Crippen LogP) is 1.73. The standard InChI is InChI=1S/C9H3F3I2O4/c10-9(11,12)8(17)18-6-4(7(15)16)1-3(13)2-5(6)14/h1-2H,(H,15,16)/p-1. The molecule has 0 heterocycles. The van der Waals surface area contributed by atoms with Gasteiger partial charge in [0.15, 0.2) is 5.75 Å². The molecule has 0 N–H and O–H groups in total. The predicted molar refractivity (Wildman–Crippen MR) is 67.9 cm³/mol. The number of ether oxygens (including phenoxy) is 1. The fourth-order valence-electron chi connectivity index (χ4n) is 0.966. The molecule has 1 aromatic carbocycles. The molecule has 1 rings (SSSR count). The number of halogens is 5. The van der Waals surface area contributed by atoms with Gasteiger partial charge in [-0.25, -0.2) is 4.79 Å². The Morgan fingerprint density at radius 3 is 2.22 bits per heavy atom. The number of esters is 1. The number of carboxylic acid groups (broad SMARTS) is 1. The summed E-state index contributed by atoms with van der Waals surface area (Å²) in [5.41, 5.74) is -0.608. The second kappa shape index (κ2) is 5.59. The van der Waals surface area contributed by atoms with Crippen LogP contribution in [0.15, 0.2) is 12.1 Å². The smallest absolute Gasteiger partial charge is 0.491 e. The third-order valence-corrected chi connectivity index (χ3v) is 3.08. The van der Waals surface area contributed by atoms with E-state index in [0.29, 0.717) is 3.57 Å². The van der Waals surface area contributed by atoms with Crippen LogP contribution in [0.1, 0.15) is 10.4 Å². The number of carbonyl (C=O) groups excluding carboxylic acids is 2. The number of rotatable bonds is 2. The summed E-state index contributed by atoms with van der Waals surface area (Å²) in [6.45, 7) is 0. The zero-order valence-corrected chi connectivity index (χ0v) is 12.5. The lowest BCUT2D eigenvalue weighted by atomic mass is 10.2. The molecule has 18 heavy (non-hydrogen) atoms. The Morgan fingerprint density at radius 2 is 1.78 bits per heavy atom. The van der Waals surface area contributed by atoms with Gasteiger partial charge in [0.2, 0.25) is 0 Å². The molecule has 0 atom stereocenters. The van der Waals surface area contributed by atoms with Gasteiger partial charge in [-0.05, 0) is 57.3 Å². The van der Waals surface area contributed by atoms with E-state index in [2.05, 4.69) is 4.74 Å². The van der Waals surface area contributed by atoms with Crippen molar-refractivity contribution in [1.29, 1.82) is 0 Å². The summed E-state index contributed by atoms with van der Waals surface area (Å²) < 4.78 is 40.7. The van der Waals surface area contributed by atoms with Gasteiger partial charge in [-0.15, -0.1) is 0 Å². The molecule has 0 radical (unpaired) electrons. The topological polar surface area (TPSA) is 66.4 Å². The molecular weight excluding hydrogens is 483 g/mol. The highest BCUT2D eigenvalue weighted by Gasteiger charge is 2.42. The largest absolute Gasteiger partial charge is 0.545 e. The van der Waals surface area contributed by atoms with E-state index in [4.69, 9.17) is 0 Å². The minimum atomic E-state index is -5.20. The molecule has 0 spiro atoms. The van der Waals surface area contributed by atoms with Gasteiger partial charge < -0.3 is 14.6 Å². The van der Waals surface area contributed by atoms with Gasteiger partial charge in [0.05, 0.1) is 9.54 Å². The number of hydrogen-bond donors (Lipinski definition) is 0. The van der Waals surface area contributed by atoms with Gasteiger partial charge >= 0.3 is 12.1 Å². The minimum Gasteiger partial charge on any atom is -0.545 e.